The van der Waals surface area contributed by atoms with Gasteiger partial charge in [-0.2, -0.15) is 4.39 Å². The number of aromatic amines is 1. The van der Waals surface area contributed by atoms with Gasteiger partial charge >= 0.3 is 0 Å². The first-order valence-electron chi connectivity index (χ1n) is 4.85. The van der Waals surface area contributed by atoms with Crippen molar-refractivity contribution in [3.05, 3.63) is 29.0 Å². The molecule has 2 nitrogen and oxygen atoms in total. The van der Waals surface area contributed by atoms with Gasteiger partial charge in [-0.05, 0) is 30.0 Å². The van der Waals surface area contributed by atoms with Crippen LogP contribution in [0.5, 0.6) is 0 Å². The van der Waals surface area contributed by atoms with Gasteiger partial charge in [-0.3, -0.25) is 5.10 Å². The summed E-state index contributed by atoms with van der Waals surface area (Å²) >= 11 is 0. The fraction of sp³-hybridized carbons (Fsp3) is 0.364. The molecule has 0 bridgehead atoms. The standard InChI is InChI=1S/C11H12F2N2/c1-5(2)8-6(3)4-7(12)10-9(8)11(13)15-14-10/h4-5H,1-3H3,(H,14,15). The first kappa shape index (κ1) is 10.1. The van der Waals surface area contributed by atoms with Crippen molar-refractivity contribution in [1.82, 2.24) is 10.2 Å². The maximum absolute atomic E-state index is 13.5. The molecule has 0 spiro atoms. The predicted molar refractivity (Wildman–Crippen MR) is 54.8 cm³/mol. The van der Waals surface area contributed by atoms with E-state index in [1.165, 1.54) is 6.07 Å². The van der Waals surface area contributed by atoms with Crippen molar-refractivity contribution in [2.45, 2.75) is 26.7 Å². The van der Waals surface area contributed by atoms with Crippen LogP contribution in [0.25, 0.3) is 10.9 Å². The molecule has 0 saturated heterocycles. The number of benzene rings is 1. The maximum atomic E-state index is 13.5. The smallest absolute Gasteiger partial charge is 0.240 e. The lowest BCUT2D eigenvalue weighted by molar-refractivity contribution is 0.586. The number of hydrogen-bond acceptors (Lipinski definition) is 1. The minimum absolute atomic E-state index is 0.139. The molecule has 0 amide bonds. The number of aryl methyl sites for hydroxylation is 1. The summed E-state index contributed by atoms with van der Waals surface area (Å²) in [7, 11) is 0. The fourth-order valence-electron chi connectivity index (χ4n) is 2.02. The second-order valence-electron chi connectivity index (χ2n) is 4.01. The summed E-state index contributed by atoms with van der Waals surface area (Å²) in [5.41, 5.74) is 1.73. The number of nitrogens with zero attached hydrogens (tertiary/aromatic N) is 1. The second kappa shape index (κ2) is 3.29. The molecule has 2 aromatic rings. The molecule has 0 fully saturated rings. The third kappa shape index (κ3) is 1.40. The van der Waals surface area contributed by atoms with Gasteiger partial charge in [0.15, 0.2) is 0 Å². The third-order valence-corrected chi connectivity index (χ3v) is 2.58. The van der Waals surface area contributed by atoms with Crippen LogP contribution in [0.15, 0.2) is 6.07 Å². The van der Waals surface area contributed by atoms with Crippen LogP contribution in [0.1, 0.15) is 30.9 Å². The molecule has 1 N–H and O–H groups in total. The quantitative estimate of drug-likeness (QED) is 0.768. The highest BCUT2D eigenvalue weighted by Gasteiger charge is 2.18. The van der Waals surface area contributed by atoms with Crippen molar-refractivity contribution in [2.75, 3.05) is 0 Å². The molecule has 15 heavy (non-hydrogen) atoms. The monoisotopic (exact) mass is 210 g/mol. The number of rotatable bonds is 1. The van der Waals surface area contributed by atoms with Crippen LogP contribution in [-0.2, 0) is 0 Å². The van der Waals surface area contributed by atoms with E-state index in [-0.39, 0.29) is 16.8 Å². The predicted octanol–water partition coefficient (Wildman–Crippen LogP) is 3.27. The lowest BCUT2D eigenvalue weighted by atomic mass is 9.94. The largest absolute Gasteiger partial charge is 0.272 e. The van der Waals surface area contributed by atoms with E-state index in [0.717, 1.165) is 11.1 Å². The molecule has 4 heteroatoms. The Balaban J connectivity index is 2.93. The van der Waals surface area contributed by atoms with Gasteiger partial charge in [0.1, 0.15) is 11.3 Å². The number of halogens is 2. The van der Waals surface area contributed by atoms with Gasteiger partial charge in [-0.25, -0.2) is 4.39 Å². The molecular formula is C11H12F2N2. The number of aromatic nitrogens is 2. The second-order valence-corrected chi connectivity index (χ2v) is 4.01. The lowest BCUT2D eigenvalue weighted by Crippen LogP contribution is -1.96. The Morgan fingerprint density at radius 3 is 2.60 bits per heavy atom. The van der Waals surface area contributed by atoms with Gasteiger partial charge in [0.05, 0.1) is 5.39 Å². The van der Waals surface area contributed by atoms with E-state index < -0.39 is 11.8 Å². The van der Waals surface area contributed by atoms with Crippen molar-refractivity contribution >= 4 is 10.9 Å². The summed E-state index contributed by atoms with van der Waals surface area (Å²) in [6.45, 7) is 5.68. The Bertz CT molecular complexity index is 515. The minimum Gasteiger partial charge on any atom is -0.272 e. The van der Waals surface area contributed by atoms with Gasteiger partial charge in [-0.1, -0.05) is 13.8 Å². The van der Waals surface area contributed by atoms with E-state index in [2.05, 4.69) is 10.2 Å². The third-order valence-electron chi connectivity index (χ3n) is 2.58. The molecule has 0 aliphatic carbocycles. The van der Waals surface area contributed by atoms with Gasteiger partial charge in [0.2, 0.25) is 5.95 Å². The summed E-state index contributed by atoms with van der Waals surface area (Å²) in [6.07, 6.45) is 0. The van der Waals surface area contributed by atoms with Crippen LogP contribution >= 0.6 is 0 Å². The maximum Gasteiger partial charge on any atom is 0.240 e. The van der Waals surface area contributed by atoms with E-state index in [4.69, 9.17) is 0 Å². The highest BCUT2D eigenvalue weighted by molar-refractivity contribution is 5.84. The summed E-state index contributed by atoms with van der Waals surface area (Å²) in [4.78, 5) is 0. The van der Waals surface area contributed by atoms with E-state index in [1.807, 2.05) is 13.8 Å². The first-order valence-corrected chi connectivity index (χ1v) is 4.85. The van der Waals surface area contributed by atoms with Crippen LogP contribution in [0.2, 0.25) is 0 Å². The highest BCUT2D eigenvalue weighted by Crippen LogP contribution is 2.30. The van der Waals surface area contributed by atoms with Crippen LogP contribution in [0, 0.1) is 18.7 Å². The van der Waals surface area contributed by atoms with Gasteiger partial charge < -0.3 is 0 Å². The number of hydrogen-bond donors (Lipinski definition) is 1. The molecule has 0 aliphatic heterocycles. The highest BCUT2D eigenvalue weighted by atomic mass is 19.1. The molecular weight excluding hydrogens is 198 g/mol. The van der Waals surface area contributed by atoms with E-state index in [9.17, 15) is 8.78 Å². The molecule has 0 aliphatic rings. The Kier molecular flexibility index (Phi) is 2.21. The Morgan fingerprint density at radius 1 is 1.33 bits per heavy atom. The van der Waals surface area contributed by atoms with Crippen LogP contribution < -0.4 is 0 Å². The summed E-state index contributed by atoms with van der Waals surface area (Å²) in [5.74, 6) is -0.945. The molecule has 0 radical (unpaired) electrons. The number of fused-ring (bicyclic) bond motifs is 1. The lowest BCUT2D eigenvalue weighted by Gasteiger charge is -2.11. The Morgan fingerprint density at radius 2 is 2.00 bits per heavy atom. The molecule has 2 rings (SSSR count). The number of nitrogens with one attached hydrogen (secondary N) is 1. The minimum atomic E-state index is -0.628. The summed E-state index contributed by atoms with van der Waals surface area (Å²) < 4.78 is 26.9. The van der Waals surface area contributed by atoms with Crippen molar-refractivity contribution in [3.63, 3.8) is 0 Å². The zero-order valence-corrected chi connectivity index (χ0v) is 8.86. The van der Waals surface area contributed by atoms with E-state index in [0.29, 0.717) is 0 Å². The van der Waals surface area contributed by atoms with Gasteiger partial charge in [-0.15, -0.1) is 5.10 Å². The molecule has 80 valence electrons. The molecule has 0 saturated carbocycles. The van der Waals surface area contributed by atoms with E-state index >= 15 is 0 Å². The van der Waals surface area contributed by atoms with Crippen molar-refractivity contribution in [1.29, 1.82) is 0 Å². The van der Waals surface area contributed by atoms with Crippen molar-refractivity contribution < 1.29 is 8.78 Å². The number of H-pyrrole nitrogens is 1. The molecule has 1 aromatic carbocycles. The van der Waals surface area contributed by atoms with Crippen LogP contribution in [0.4, 0.5) is 8.78 Å². The normalized spacial score (nSPS) is 11.6. The topological polar surface area (TPSA) is 28.7 Å². The zero-order valence-electron chi connectivity index (χ0n) is 8.86. The van der Waals surface area contributed by atoms with Gasteiger partial charge in [0.25, 0.3) is 0 Å². The summed E-state index contributed by atoms with van der Waals surface area (Å²) in [6, 6.07) is 1.41. The van der Waals surface area contributed by atoms with Crippen molar-refractivity contribution in [2.24, 2.45) is 0 Å². The SMILES string of the molecule is Cc1cc(F)c2[nH]nc(F)c2c1C(C)C. The van der Waals surface area contributed by atoms with Crippen LogP contribution in [-0.4, -0.2) is 10.2 Å². The Hall–Kier alpha value is -1.45. The van der Waals surface area contributed by atoms with E-state index in [1.54, 1.807) is 6.92 Å². The first-order chi connectivity index (χ1) is 7.02. The average Bonchev–Trinajstić information content (AvgIpc) is 2.48. The van der Waals surface area contributed by atoms with Crippen LogP contribution in [0.3, 0.4) is 0 Å². The van der Waals surface area contributed by atoms with Gasteiger partial charge in [0, 0.05) is 0 Å². The average molecular weight is 210 g/mol. The molecule has 1 aromatic heterocycles. The fourth-order valence-corrected chi connectivity index (χ4v) is 2.02. The van der Waals surface area contributed by atoms with Crippen molar-refractivity contribution in [3.8, 4) is 0 Å². The molecule has 0 atom stereocenters. The summed E-state index contributed by atoms with van der Waals surface area (Å²) in [5, 5.41) is 6.07. The zero-order chi connectivity index (χ0) is 11.2. The Labute approximate surface area is 86.3 Å². The molecule has 0 unspecified atom stereocenters. The molecule has 1 heterocycles.